The van der Waals surface area contributed by atoms with Crippen molar-refractivity contribution in [2.45, 2.75) is 32.9 Å². The van der Waals surface area contributed by atoms with Gasteiger partial charge in [-0.25, -0.2) is 0 Å². The summed E-state index contributed by atoms with van der Waals surface area (Å²) in [5, 5.41) is 0.687. The van der Waals surface area contributed by atoms with Gasteiger partial charge in [0.2, 0.25) is 5.91 Å². The van der Waals surface area contributed by atoms with Crippen LogP contribution in [-0.2, 0) is 11.3 Å². The summed E-state index contributed by atoms with van der Waals surface area (Å²) in [5.41, 5.74) is 6.93. The normalized spacial score (nSPS) is 12.6. The fraction of sp³-hybridized carbons (Fsp3) is 0.500. The van der Waals surface area contributed by atoms with E-state index in [2.05, 4.69) is 0 Å². The van der Waals surface area contributed by atoms with Gasteiger partial charge in [-0.05, 0) is 23.6 Å². The lowest BCUT2D eigenvalue weighted by Gasteiger charge is -2.21. The van der Waals surface area contributed by atoms with Gasteiger partial charge >= 0.3 is 0 Å². The first kappa shape index (κ1) is 15.0. The molecule has 1 aromatic rings. The smallest absolute Gasteiger partial charge is 0.224 e. The van der Waals surface area contributed by atoms with Gasteiger partial charge in [-0.15, -0.1) is 0 Å². The fourth-order valence-electron chi connectivity index (χ4n) is 1.59. The van der Waals surface area contributed by atoms with Gasteiger partial charge in [-0.1, -0.05) is 37.6 Å². The Balaban J connectivity index is 2.55. The molecule has 2 N–H and O–H groups in total. The summed E-state index contributed by atoms with van der Waals surface area (Å²) >= 11 is 5.91. The first-order valence-electron chi connectivity index (χ1n) is 6.14. The Labute approximate surface area is 114 Å². The first-order valence-corrected chi connectivity index (χ1v) is 6.52. The first-order chi connectivity index (χ1) is 8.40. The third kappa shape index (κ3) is 4.67. The summed E-state index contributed by atoms with van der Waals surface area (Å²) in [4.78, 5) is 13.6. The number of halogens is 1. The molecule has 1 amide bonds. The highest BCUT2D eigenvalue weighted by Crippen LogP contribution is 2.13. The Morgan fingerprint density at radius 1 is 1.44 bits per heavy atom. The highest BCUT2D eigenvalue weighted by molar-refractivity contribution is 6.30. The van der Waals surface area contributed by atoms with E-state index in [0.717, 1.165) is 5.56 Å². The molecule has 18 heavy (non-hydrogen) atoms. The van der Waals surface area contributed by atoms with E-state index in [1.165, 1.54) is 0 Å². The highest BCUT2D eigenvalue weighted by atomic mass is 35.5. The van der Waals surface area contributed by atoms with Gasteiger partial charge in [-0.2, -0.15) is 0 Å². The molecule has 0 aliphatic carbocycles. The van der Waals surface area contributed by atoms with E-state index >= 15 is 0 Å². The Morgan fingerprint density at radius 3 is 2.67 bits per heavy atom. The van der Waals surface area contributed by atoms with Crippen molar-refractivity contribution in [3.63, 3.8) is 0 Å². The summed E-state index contributed by atoms with van der Waals surface area (Å²) in [5.74, 6) is 0.379. The Morgan fingerprint density at radius 2 is 2.11 bits per heavy atom. The van der Waals surface area contributed by atoms with Gasteiger partial charge < -0.3 is 10.6 Å². The number of benzene rings is 1. The summed E-state index contributed by atoms with van der Waals surface area (Å²) in [6, 6.07) is 7.45. The molecule has 0 aromatic heterocycles. The lowest BCUT2D eigenvalue weighted by molar-refractivity contribution is -0.131. The van der Waals surface area contributed by atoms with Crippen molar-refractivity contribution in [1.82, 2.24) is 4.90 Å². The highest BCUT2D eigenvalue weighted by Gasteiger charge is 2.16. The average molecular weight is 269 g/mol. The zero-order valence-electron chi connectivity index (χ0n) is 11.2. The average Bonchev–Trinajstić information content (AvgIpc) is 2.28. The van der Waals surface area contributed by atoms with Gasteiger partial charge in [0.15, 0.2) is 0 Å². The minimum absolute atomic E-state index is 0.0659. The monoisotopic (exact) mass is 268 g/mol. The summed E-state index contributed by atoms with van der Waals surface area (Å²) in [6.07, 6.45) is 0.384. The van der Waals surface area contributed by atoms with Crippen molar-refractivity contribution in [3.8, 4) is 0 Å². The predicted molar refractivity (Wildman–Crippen MR) is 75.4 cm³/mol. The van der Waals surface area contributed by atoms with E-state index in [0.29, 0.717) is 23.9 Å². The summed E-state index contributed by atoms with van der Waals surface area (Å²) in [7, 11) is 1.79. The molecular weight excluding hydrogens is 248 g/mol. The van der Waals surface area contributed by atoms with Crippen molar-refractivity contribution < 1.29 is 4.79 Å². The SMILES string of the molecule is CC(C)C(N)CC(=O)N(C)Cc1cccc(Cl)c1. The van der Waals surface area contributed by atoms with Crippen LogP contribution in [-0.4, -0.2) is 23.9 Å². The van der Waals surface area contributed by atoms with Crippen LogP contribution >= 0.6 is 11.6 Å². The molecular formula is C14H21ClN2O. The molecule has 0 saturated carbocycles. The van der Waals surface area contributed by atoms with Crippen molar-refractivity contribution in [1.29, 1.82) is 0 Å². The maximum Gasteiger partial charge on any atom is 0.224 e. The quantitative estimate of drug-likeness (QED) is 0.892. The van der Waals surface area contributed by atoms with Gasteiger partial charge in [0.05, 0.1) is 0 Å². The van der Waals surface area contributed by atoms with E-state index in [1.54, 1.807) is 11.9 Å². The molecule has 1 rings (SSSR count). The van der Waals surface area contributed by atoms with Gasteiger partial charge in [-0.3, -0.25) is 4.79 Å². The van der Waals surface area contributed by atoms with E-state index in [4.69, 9.17) is 17.3 Å². The van der Waals surface area contributed by atoms with Gasteiger partial charge in [0.1, 0.15) is 0 Å². The number of carbonyl (C=O) groups is 1. The number of amides is 1. The number of nitrogens with two attached hydrogens (primary N) is 1. The fourth-order valence-corrected chi connectivity index (χ4v) is 1.80. The van der Waals surface area contributed by atoms with Crippen molar-refractivity contribution >= 4 is 17.5 Å². The Bertz CT molecular complexity index is 407. The second-order valence-electron chi connectivity index (χ2n) is 4.99. The molecule has 0 saturated heterocycles. The van der Waals surface area contributed by atoms with Crippen molar-refractivity contribution in [2.24, 2.45) is 11.7 Å². The third-order valence-corrected chi connectivity index (χ3v) is 3.24. The standard InChI is InChI=1S/C14H21ClN2O/c1-10(2)13(16)8-14(18)17(3)9-11-5-4-6-12(15)7-11/h4-7,10,13H,8-9,16H2,1-3H3. The van der Waals surface area contributed by atoms with Crippen LogP contribution in [0.2, 0.25) is 5.02 Å². The van der Waals surface area contributed by atoms with Crippen LogP contribution in [0.4, 0.5) is 0 Å². The summed E-state index contributed by atoms with van der Waals surface area (Å²) < 4.78 is 0. The zero-order chi connectivity index (χ0) is 13.7. The molecule has 1 aromatic carbocycles. The second-order valence-corrected chi connectivity index (χ2v) is 5.43. The second kappa shape index (κ2) is 6.76. The van der Waals surface area contributed by atoms with Crippen LogP contribution in [0.15, 0.2) is 24.3 Å². The maximum absolute atomic E-state index is 12.0. The van der Waals surface area contributed by atoms with Crippen molar-refractivity contribution in [3.05, 3.63) is 34.9 Å². The Kier molecular flexibility index (Phi) is 5.63. The number of hydrogen-bond acceptors (Lipinski definition) is 2. The number of rotatable bonds is 5. The third-order valence-electron chi connectivity index (χ3n) is 3.00. The molecule has 0 spiro atoms. The zero-order valence-corrected chi connectivity index (χ0v) is 11.9. The molecule has 0 aliphatic rings. The maximum atomic E-state index is 12.0. The molecule has 0 aliphatic heterocycles. The van der Waals surface area contributed by atoms with E-state index in [-0.39, 0.29) is 11.9 Å². The number of carbonyl (C=O) groups excluding carboxylic acids is 1. The Hall–Kier alpha value is -1.06. The van der Waals surface area contributed by atoms with E-state index in [1.807, 2.05) is 38.1 Å². The van der Waals surface area contributed by atoms with Crippen LogP contribution in [0, 0.1) is 5.92 Å². The van der Waals surface area contributed by atoms with Crippen LogP contribution in [0.5, 0.6) is 0 Å². The lowest BCUT2D eigenvalue weighted by Crippen LogP contribution is -2.35. The minimum atomic E-state index is -0.0840. The van der Waals surface area contributed by atoms with E-state index < -0.39 is 0 Å². The van der Waals surface area contributed by atoms with Crippen LogP contribution in [0.3, 0.4) is 0 Å². The topological polar surface area (TPSA) is 46.3 Å². The lowest BCUT2D eigenvalue weighted by atomic mass is 10.0. The molecule has 100 valence electrons. The molecule has 0 fully saturated rings. The molecule has 0 radical (unpaired) electrons. The minimum Gasteiger partial charge on any atom is -0.341 e. The molecule has 0 heterocycles. The van der Waals surface area contributed by atoms with Crippen LogP contribution < -0.4 is 5.73 Å². The van der Waals surface area contributed by atoms with Crippen molar-refractivity contribution in [2.75, 3.05) is 7.05 Å². The molecule has 4 heteroatoms. The van der Waals surface area contributed by atoms with Gasteiger partial charge in [0.25, 0.3) is 0 Å². The summed E-state index contributed by atoms with van der Waals surface area (Å²) in [6.45, 7) is 4.61. The van der Waals surface area contributed by atoms with Crippen LogP contribution in [0.1, 0.15) is 25.8 Å². The number of hydrogen-bond donors (Lipinski definition) is 1. The molecule has 0 bridgehead atoms. The molecule has 1 unspecified atom stereocenters. The van der Waals surface area contributed by atoms with E-state index in [9.17, 15) is 4.79 Å². The van der Waals surface area contributed by atoms with Crippen LogP contribution in [0.25, 0.3) is 0 Å². The molecule has 1 atom stereocenters. The van der Waals surface area contributed by atoms with Gasteiger partial charge in [0, 0.05) is 31.1 Å². The molecule has 3 nitrogen and oxygen atoms in total. The largest absolute Gasteiger partial charge is 0.341 e. The number of nitrogens with zero attached hydrogens (tertiary/aromatic N) is 1. The predicted octanol–water partition coefficient (Wildman–Crippen LogP) is 2.67.